The predicted molar refractivity (Wildman–Crippen MR) is 56.7 cm³/mol. The summed E-state index contributed by atoms with van der Waals surface area (Å²) in [6.07, 6.45) is 4.15. The van der Waals surface area contributed by atoms with Gasteiger partial charge in [0.2, 0.25) is 0 Å². The average molecular weight is 206 g/mol. The van der Waals surface area contributed by atoms with Gasteiger partial charge in [-0.1, -0.05) is 0 Å². The molecule has 14 heavy (non-hydrogen) atoms. The molecule has 0 radical (unpaired) electrons. The van der Waals surface area contributed by atoms with Gasteiger partial charge in [-0.15, -0.1) is 11.3 Å². The van der Waals surface area contributed by atoms with Crippen molar-refractivity contribution >= 4 is 27.5 Å². The molecule has 0 spiro atoms. The molecule has 0 bridgehead atoms. The van der Waals surface area contributed by atoms with Gasteiger partial charge in [-0.25, -0.2) is 15.0 Å². The summed E-state index contributed by atoms with van der Waals surface area (Å²) < 4.78 is 0. The van der Waals surface area contributed by atoms with E-state index in [1.807, 2.05) is 5.51 Å². The van der Waals surface area contributed by atoms with Crippen molar-refractivity contribution in [3.8, 4) is 0 Å². The van der Waals surface area contributed by atoms with Gasteiger partial charge in [0.25, 0.3) is 0 Å². The Morgan fingerprint density at radius 3 is 2.86 bits per heavy atom. The topological polar surface area (TPSA) is 41.9 Å². The van der Waals surface area contributed by atoms with E-state index in [9.17, 15) is 0 Å². The maximum absolute atomic E-state index is 4.32. The highest BCUT2D eigenvalue weighted by molar-refractivity contribution is 7.16. The van der Waals surface area contributed by atoms with E-state index in [-0.39, 0.29) is 0 Å². The predicted octanol–water partition coefficient (Wildman–Crippen LogP) is 1.69. The minimum absolute atomic E-state index is 0.958. The summed E-state index contributed by atoms with van der Waals surface area (Å²) in [6.45, 7) is 2.20. The lowest BCUT2D eigenvalue weighted by Crippen LogP contribution is -2.19. The molecule has 1 aliphatic heterocycles. The molecular weight excluding hydrogens is 196 g/mol. The summed E-state index contributed by atoms with van der Waals surface area (Å²) in [7, 11) is 0. The van der Waals surface area contributed by atoms with E-state index < -0.39 is 0 Å². The second-order valence-corrected chi connectivity index (χ2v) is 4.23. The van der Waals surface area contributed by atoms with Crippen molar-refractivity contribution in [1.29, 1.82) is 0 Å². The van der Waals surface area contributed by atoms with E-state index >= 15 is 0 Å². The summed E-state index contributed by atoms with van der Waals surface area (Å²) in [5.74, 6) is 1.01. The van der Waals surface area contributed by atoms with Crippen LogP contribution < -0.4 is 4.90 Å². The van der Waals surface area contributed by atoms with Crippen molar-refractivity contribution in [2.75, 3.05) is 18.0 Å². The number of thiazole rings is 1. The lowest BCUT2D eigenvalue weighted by molar-refractivity contribution is 0.937. The van der Waals surface area contributed by atoms with E-state index in [1.165, 1.54) is 12.8 Å². The molecule has 1 fully saturated rings. The molecule has 2 aromatic heterocycles. The van der Waals surface area contributed by atoms with E-state index in [0.29, 0.717) is 0 Å². The Hall–Kier alpha value is -1.23. The minimum Gasteiger partial charge on any atom is -0.355 e. The van der Waals surface area contributed by atoms with Crippen molar-refractivity contribution in [3.63, 3.8) is 0 Å². The lowest BCUT2D eigenvalue weighted by atomic mass is 10.4. The largest absolute Gasteiger partial charge is 0.355 e. The SMILES string of the molecule is c1nc(N2CCCC2)c2ncsc2n1. The molecular formula is C9H10N4S. The molecule has 0 atom stereocenters. The van der Waals surface area contributed by atoms with E-state index in [0.717, 1.165) is 29.3 Å². The van der Waals surface area contributed by atoms with Crippen molar-refractivity contribution < 1.29 is 0 Å². The van der Waals surface area contributed by atoms with Crippen molar-refractivity contribution in [3.05, 3.63) is 11.8 Å². The van der Waals surface area contributed by atoms with Crippen LogP contribution in [0.4, 0.5) is 5.82 Å². The first-order valence-electron chi connectivity index (χ1n) is 4.74. The zero-order chi connectivity index (χ0) is 9.38. The Morgan fingerprint density at radius 2 is 2.00 bits per heavy atom. The van der Waals surface area contributed by atoms with Crippen LogP contribution in [0.2, 0.25) is 0 Å². The van der Waals surface area contributed by atoms with Crippen LogP contribution in [0, 0.1) is 0 Å². The van der Waals surface area contributed by atoms with Gasteiger partial charge in [-0.05, 0) is 12.8 Å². The summed E-state index contributed by atoms with van der Waals surface area (Å²) in [5.41, 5.74) is 2.79. The van der Waals surface area contributed by atoms with Gasteiger partial charge in [0.1, 0.15) is 16.7 Å². The highest BCUT2D eigenvalue weighted by Crippen LogP contribution is 2.26. The molecule has 0 aromatic carbocycles. The monoisotopic (exact) mass is 206 g/mol. The number of aromatic nitrogens is 3. The fourth-order valence-corrected chi connectivity index (χ4v) is 2.46. The molecule has 3 heterocycles. The third kappa shape index (κ3) is 1.16. The lowest BCUT2D eigenvalue weighted by Gasteiger charge is -2.15. The van der Waals surface area contributed by atoms with Gasteiger partial charge < -0.3 is 4.90 Å². The normalized spacial score (nSPS) is 16.7. The fraction of sp³-hybridized carbons (Fsp3) is 0.444. The molecule has 2 aromatic rings. The van der Waals surface area contributed by atoms with Gasteiger partial charge >= 0.3 is 0 Å². The van der Waals surface area contributed by atoms with Gasteiger partial charge in [-0.3, -0.25) is 0 Å². The highest BCUT2D eigenvalue weighted by Gasteiger charge is 2.17. The first-order valence-corrected chi connectivity index (χ1v) is 5.62. The molecule has 0 aliphatic carbocycles. The second-order valence-electron chi connectivity index (χ2n) is 3.40. The number of hydrogen-bond acceptors (Lipinski definition) is 5. The molecule has 0 N–H and O–H groups in total. The number of anilines is 1. The maximum atomic E-state index is 4.32. The summed E-state index contributed by atoms with van der Waals surface area (Å²) in [4.78, 5) is 16.1. The minimum atomic E-state index is 0.958. The van der Waals surface area contributed by atoms with Gasteiger partial charge in [0.15, 0.2) is 5.82 Å². The Morgan fingerprint density at radius 1 is 1.14 bits per heavy atom. The van der Waals surface area contributed by atoms with Crippen LogP contribution in [0.15, 0.2) is 11.8 Å². The number of fused-ring (bicyclic) bond motifs is 1. The average Bonchev–Trinajstić information content (AvgIpc) is 2.88. The second kappa shape index (κ2) is 3.16. The van der Waals surface area contributed by atoms with Crippen LogP contribution in [0.25, 0.3) is 10.3 Å². The standard InChI is InChI=1S/C9H10N4S/c1-2-4-13(3-1)8-7-9(11-5-10-8)14-6-12-7/h5-6H,1-4H2. The Labute approximate surface area is 85.6 Å². The van der Waals surface area contributed by atoms with Crippen LogP contribution in [-0.2, 0) is 0 Å². The molecule has 4 nitrogen and oxygen atoms in total. The zero-order valence-corrected chi connectivity index (χ0v) is 8.50. The van der Waals surface area contributed by atoms with Crippen molar-refractivity contribution in [2.24, 2.45) is 0 Å². The van der Waals surface area contributed by atoms with Gasteiger partial charge in [0, 0.05) is 13.1 Å². The highest BCUT2D eigenvalue weighted by atomic mass is 32.1. The first kappa shape index (κ1) is 8.11. The molecule has 5 heteroatoms. The molecule has 72 valence electrons. The van der Waals surface area contributed by atoms with Crippen LogP contribution in [-0.4, -0.2) is 28.0 Å². The van der Waals surface area contributed by atoms with Crippen LogP contribution in [0.5, 0.6) is 0 Å². The number of hydrogen-bond donors (Lipinski definition) is 0. The molecule has 1 aliphatic rings. The maximum Gasteiger partial charge on any atom is 0.159 e. The van der Waals surface area contributed by atoms with E-state index in [2.05, 4.69) is 19.9 Å². The molecule has 1 saturated heterocycles. The smallest absolute Gasteiger partial charge is 0.159 e. The summed E-state index contributed by atoms with van der Waals surface area (Å²) >= 11 is 1.57. The molecule has 3 rings (SSSR count). The number of rotatable bonds is 1. The molecule has 0 amide bonds. The molecule has 0 saturated carbocycles. The Balaban J connectivity index is 2.14. The van der Waals surface area contributed by atoms with E-state index in [4.69, 9.17) is 0 Å². The Bertz CT molecular complexity index is 447. The van der Waals surface area contributed by atoms with Crippen LogP contribution in [0.1, 0.15) is 12.8 Å². The van der Waals surface area contributed by atoms with Crippen molar-refractivity contribution in [1.82, 2.24) is 15.0 Å². The van der Waals surface area contributed by atoms with Crippen molar-refractivity contribution in [2.45, 2.75) is 12.8 Å². The summed E-state index contributed by atoms with van der Waals surface area (Å²) in [5, 5.41) is 0. The van der Waals surface area contributed by atoms with Crippen LogP contribution >= 0.6 is 11.3 Å². The van der Waals surface area contributed by atoms with Crippen LogP contribution in [0.3, 0.4) is 0 Å². The zero-order valence-electron chi connectivity index (χ0n) is 7.68. The third-order valence-electron chi connectivity index (χ3n) is 2.52. The fourth-order valence-electron chi connectivity index (χ4n) is 1.84. The molecule has 0 unspecified atom stereocenters. The third-order valence-corrected chi connectivity index (χ3v) is 3.25. The Kier molecular flexibility index (Phi) is 1.83. The van der Waals surface area contributed by atoms with E-state index in [1.54, 1.807) is 17.7 Å². The quantitative estimate of drug-likeness (QED) is 0.712. The van der Waals surface area contributed by atoms with Gasteiger partial charge in [0.05, 0.1) is 5.51 Å². The first-order chi connectivity index (χ1) is 6.95. The number of nitrogens with zero attached hydrogens (tertiary/aromatic N) is 4. The van der Waals surface area contributed by atoms with Gasteiger partial charge in [-0.2, -0.15) is 0 Å². The summed E-state index contributed by atoms with van der Waals surface area (Å²) in [6, 6.07) is 0.